The third kappa shape index (κ3) is 7.91. The van der Waals surface area contributed by atoms with Gasteiger partial charge in [0.15, 0.2) is 22.9 Å². The first kappa shape index (κ1) is 35.1. The van der Waals surface area contributed by atoms with Crippen LogP contribution in [-0.4, -0.2) is 43.4 Å². The van der Waals surface area contributed by atoms with Crippen LogP contribution in [0.4, 0.5) is 0 Å². The molecule has 0 amide bonds. The van der Waals surface area contributed by atoms with Crippen molar-refractivity contribution in [3.8, 4) is 17.2 Å². The van der Waals surface area contributed by atoms with Gasteiger partial charge in [-0.2, -0.15) is 0 Å². The summed E-state index contributed by atoms with van der Waals surface area (Å²) in [6.07, 6.45) is 1.78. The summed E-state index contributed by atoms with van der Waals surface area (Å²) in [5.41, 5.74) is 2.71. The summed E-state index contributed by atoms with van der Waals surface area (Å²) in [5, 5.41) is 0. The van der Waals surface area contributed by atoms with Crippen LogP contribution >= 0.6 is 43.2 Å². The summed E-state index contributed by atoms with van der Waals surface area (Å²) in [4.78, 5) is 44.3. The molecule has 10 nitrogen and oxygen atoms in total. The van der Waals surface area contributed by atoms with E-state index in [1.165, 1.54) is 23.0 Å². The predicted molar refractivity (Wildman–Crippen MR) is 188 cm³/mol. The van der Waals surface area contributed by atoms with Gasteiger partial charge in [-0.1, -0.05) is 51.5 Å². The Bertz CT molecular complexity index is 2050. The number of thiazole rings is 1. The molecule has 250 valence electrons. The number of nitrogens with zero attached hydrogens (tertiary/aromatic N) is 2. The topological polar surface area (TPSA) is 115 Å². The van der Waals surface area contributed by atoms with Crippen molar-refractivity contribution in [1.29, 1.82) is 0 Å². The molecule has 0 spiro atoms. The number of ether oxygens (including phenoxy) is 5. The van der Waals surface area contributed by atoms with Gasteiger partial charge in [0.2, 0.25) is 0 Å². The fourth-order valence-corrected chi connectivity index (χ4v) is 6.82. The lowest BCUT2D eigenvalue weighted by Crippen LogP contribution is -2.40. The second kappa shape index (κ2) is 15.8. The van der Waals surface area contributed by atoms with E-state index in [4.69, 9.17) is 18.9 Å². The fourth-order valence-electron chi connectivity index (χ4n) is 5.00. The van der Waals surface area contributed by atoms with Crippen LogP contribution in [0.1, 0.15) is 43.5 Å². The molecule has 48 heavy (non-hydrogen) atoms. The molecule has 0 N–H and O–H groups in total. The second-order valence-electron chi connectivity index (χ2n) is 10.4. The lowest BCUT2D eigenvalue weighted by molar-refractivity contribution is -0.143. The molecule has 0 fully saturated rings. The maximum Gasteiger partial charge on any atom is 0.343 e. The number of carbonyl (C=O) groups is 2. The van der Waals surface area contributed by atoms with Crippen LogP contribution < -0.4 is 29.1 Å². The molecule has 1 aliphatic heterocycles. The van der Waals surface area contributed by atoms with E-state index in [0.717, 1.165) is 20.1 Å². The van der Waals surface area contributed by atoms with Gasteiger partial charge in [-0.25, -0.2) is 14.6 Å². The fraction of sp³-hybridized carbons (Fsp3) is 0.257. The summed E-state index contributed by atoms with van der Waals surface area (Å²) in [6.45, 7) is 5.79. The summed E-state index contributed by atoms with van der Waals surface area (Å²) in [7, 11) is 1.27. The molecule has 0 aliphatic carbocycles. The maximum absolute atomic E-state index is 14.1. The minimum absolute atomic E-state index is 0.148. The Kier molecular flexibility index (Phi) is 11.6. The molecule has 0 radical (unpaired) electrons. The van der Waals surface area contributed by atoms with Gasteiger partial charge >= 0.3 is 11.9 Å². The molecule has 4 aromatic rings. The highest BCUT2D eigenvalue weighted by Gasteiger charge is 2.34. The number of allylic oxidation sites excluding steroid dienone is 1. The molecule has 1 aromatic heterocycles. The molecule has 0 saturated heterocycles. The van der Waals surface area contributed by atoms with Crippen LogP contribution in [0, 0.1) is 0 Å². The van der Waals surface area contributed by atoms with Crippen molar-refractivity contribution in [3.63, 3.8) is 0 Å². The zero-order valence-corrected chi connectivity index (χ0v) is 30.6. The molecule has 0 bridgehead atoms. The summed E-state index contributed by atoms with van der Waals surface area (Å²) < 4.78 is 31.2. The van der Waals surface area contributed by atoms with Crippen LogP contribution in [0.25, 0.3) is 6.08 Å². The first-order valence-electron chi connectivity index (χ1n) is 15.0. The smallest absolute Gasteiger partial charge is 0.343 e. The van der Waals surface area contributed by atoms with E-state index in [-0.39, 0.29) is 24.3 Å². The zero-order valence-electron chi connectivity index (χ0n) is 26.6. The van der Waals surface area contributed by atoms with Crippen molar-refractivity contribution >= 4 is 61.2 Å². The van der Waals surface area contributed by atoms with E-state index < -0.39 is 18.0 Å². The summed E-state index contributed by atoms with van der Waals surface area (Å²) >= 11 is 8.26. The van der Waals surface area contributed by atoms with Crippen molar-refractivity contribution in [2.45, 2.75) is 33.4 Å². The van der Waals surface area contributed by atoms with Crippen LogP contribution in [0.2, 0.25) is 0 Å². The first-order chi connectivity index (χ1) is 23.1. The minimum Gasteiger partial charge on any atom is -0.490 e. The lowest BCUT2D eigenvalue weighted by atomic mass is 9.95. The Morgan fingerprint density at radius 3 is 2.38 bits per heavy atom. The average Bonchev–Trinajstić information content (AvgIpc) is 3.37. The van der Waals surface area contributed by atoms with E-state index in [2.05, 4.69) is 41.6 Å². The number of halogens is 2. The molecule has 5 rings (SSSR count). The molecule has 0 saturated carbocycles. The van der Waals surface area contributed by atoms with E-state index in [1.54, 1.807) is 38.1 Å². The third-order valence-corrected chi connectivity index (χ3v) is 9.37. The van der Waals surface area contributed by atoms with Crippen molar-refractivity contribution in [2.75, 3.05) is 26.9 Å². The molecule has 3 aromatic carbocycles. The number of esters is 2. The summed E-state index contributed by atoms with van der Waals surface area (Å²) in [6, 6.07) is 17.7. The number of hydrogen-bond acceptors (Lipinski definition) is 10. The second-order valence-corrected chi connectivity index (χ2v) is 13.2. The van der Waals surface area contributed by atoms with Crippen LogP contribution in [0.3, 0.4) is 0 Å². The van der Waals surface area contributed by atoms with Gasteiger partial charge in [0.1, 0.15) is 12.4 Å². The van der Waals surface area contributed by atoms with Crippen LogP contribution in [-0.2, 0) is 25.7 Å². The van der Waals surface area contributed by atoms with E-state index >= 15 is 0 Å². The van der Waals surface area contributed by atoms with Gasteiger partial charge < -0.3 is 23.7 Å². The van der Waals surface area contributed by atoms with Crippen LogP contribution in [0.15, 0.2) is 90.7 Å². The maximum atomic E-state index is 14.1. The Morgan fingerprint density at radius 2 is 1.69 bits per heavy atom. The molecule has 0 unspecified atom stereocenters. The van der Waals surface area contributed by atoms with E-state index in [0.29, 0.717) is 51.1 Å². The largest absolute Gasteiger partial charge is 0.490 e. The zero-order chi connectivity index (χ0) is 34.4. The van der Waals surface area contributed by atoms with E-state index in [9.17, 15) is 14.4 Å². The number of hydrogen-bond donors (Lipinski definition) is 0. The predicted octanol–water partition coefficient (Wildman–Crippen LogP) is 5.85. The number of aromatic nitrogens is 1. The van der Waals surface area contributed by atoms with Crippen molar-refractivity contribution in [2.24, 2.45) is 4.99 Å². The van der Waals surface area contributed by atoms with Gasteiger partial charge in [-0.05, 0) is 95.9 Å². The highest BCUT2D eigenvalue weighted by Crippen LogP contribution is 2.36. The van der Waals surface area contributed by atoms with Gasteiger partial charge in [-0.15, -0.1) is 0 Å². The number of carbonyl (C=O) groups excluding carboxylic acids is 2. The third-order valence-electron chi connectivity index (χ3n) is 7.23. The monoisotopic (exact) mass is 798 g/mol. The quantitative estimate of drug-likeness (QED) is 0.164. The number of rotatable bonds is 12. The van der Waals surface area contributed by atoms with Crippen molar-refractivity contribution in [3.05, 3.63) is 117 Å². The Balaban J connectivity index is 1.54. The SMILES string of the molecule is CCOC(=O)C1=C(C)N=c2s/c(=C\c3ccc(OCc4ccc(Br)cc4)c(Br)c3)c(=O)n2[C@@H]1c1ccc(OCC(=O)OC)c(OCC)c1. The number of fused-ring (bicyclic) bond motifs is 1. The van der Waals surface area contributed by atoms with Crippen molar-refractivity contribution in [1.82, 2.24) is 4.57 Å². The van der Waals surface area contributed by atoms with E-state index in [1.807, 2.05) is 49.4 Å². The Labute approximate surface area is 297 Å². The molecule has 13 heteroatoms. The molecular formula is C35H32Br2N2O8S. The molecule has 1 aliphatic rings. The standard InChI is InChI=1S/C35H32Br2N2O8S/c1-5-44-28-17-23(10-14-27(28)47-19-30(40)43-4)32-31(34(42)45-6-2)20(3)38-35-39(32)33(41)29(48-35)16-22-9-13-26(25(37)15-22)46-18-21-7-11-24(36)12-8-21/h7-17,32H,5-6,18-19H2,1-4H3/b29-16-/t32-/m1/s1. The minimum atomic E-state index is -0.863. The number of methoxy groups -OCH3 is 1. The van der Waals surface area contributed by atoms with Gasteiger partial charge in [0.25, 0.3) is 5.56 Å². The highest BCUT2D eigenvalue weighted by molar-refractivity contribution is 9.10. The number of benzene rings is 3. The lowest BCUT2D eigenvalue weighted by Gasteiger charge is -2.25. The average molecular weight is 801 g/mol. The molecule has 1 atom stereocenters. The Morgan fingerprint density at radius 1 is 0.938 bits per heavy atom. The summed E-state index contributed by atoms with van der Waals surface area (Å²) in [5.74, 6) is 0.185. The normalized spacial score (nSPS) is 14.2. The Hall–Kier alpha value is -4.20. The molecular weight excluding hydrogens is 768 g/mol. The first-order valence-corrected chi connectivity index (χ1v) is 17.4. The van der Waals surface area contributed by atoms with Gasteiger partial charge in [0, 0.05) is 4.47 Å². The highest BCUT2D eigenvalue weighted by atomic mass is 79.9. The van der Waals surface area contributed by atoms with Crippen molar-refractivity contribution < 1.29 is 33.3 Å². The van der Waals surface area contributed by atoms with Crippen LogP contribution in [0.5, 0.6) is 17.2 Å². The van der Waals surface area contributed by atoms with Gasteiger partial charge in [-0.3, -0.25) is 9.36 Å². The van der Waals surface area contributed by atoms with Gasteiger partial charge in [0.05, 0.1) is 46.6 Å². The molecule has 2 heterocycles.